The summed E-state index contributed by atoms with van der Waals surface area (Å²) < 4.78 is 15.6. The van der Waals surface area contributed by atoms with Crippen LogP contribution < -0.4 is 5.32 Å². The number of alkyl halides is 1. The molecule has 3 amide bonds. The highest BCUT2D eigenvalue weighted by Crippen LogP contribution is 2.25. The van der Waals surface area contributed by atoms with Gasteiger partial charge in [-0.05, 0) is 18.2 Å². The third-order valence-corrected chi connectivity index (χ3v) is 4.62. The highest BCUT2D eigenvalue weighted by atomic mass is 19.1. The first-order chi connectivity index (χ1) is 13.7. The fraction of sp³-hybridized carbons (Fsp3) is 0.421. The van der Waals surface area contributed by atoms with Crippen LogP contribution >= 0.6 is 0 Å². The third-order valence-electron chi connectivity index (χ3n) is 4.62. The molecule has 0 bridgehead atoms. The van der Waals surface area contributed by atoms with Crippen LogP contribution in [0, 0.1) is 0 Å². The van der Waals surface area contributed by atoms with Gasteiger partial charge in [-0.15, -0.1) is 5.10 Å². The number of anilines is 1. The molecule has 0 saturated carbocycles. The van der Waals surface area contributed by atoms with Crippen LogP contribution in [0.4, 0.5) is 10.1 Å². The van der Waals surface area contributed by atoms with Crippen molar-refractivity contribution in [2.24, 2.45) is 0 Å². The van der Waals surface area contributed by atoms with Crippen LogP contribution in [0.2, 0.25) is 0 Å². The molecule has 9 nitrogen and oxygen atoms in total. The highest BCUT2D eigenvalue weighted by molar-refractivity contribution is 5.97. The zero-order chi connectivity index (χ0) is 21.1. The molecule has 0 radical (unpaired) electrons. The summed E-state index contributed by atoms with van der Waals surface area (Å²) in [6, 6.07) is 6.10. The van der Waals surface area contributed by atoms with Crippen LogP contribution in [0.1, 0.15) is 34.2 Å². The Morgan fingerprint density at radius 3 is 2.76 bits per heavy atom. The van der Waals surface area contributed by atoms with E-state index in [4.69, 9.17) is 0 Å². The van der Waals surface area contributed by atoms with Gasteiger partial charge < -0.3 is 15.1 Å². The highest BCUT2D eigenvalue weighted by Gasteiger charge is 2.36. The van der Waals surface area contributed by atoms with Crippen LogP contribution in [0.3, 0.4) is 0 Å². The smallest absolute Gasteiger partial charge is 0.275 e. The van der Waals surface area contributed by atoms with Crippen molar-refractivity contribution in [1.29, 1.82) is 0 Å². The molecule has 2 heterocycles. The normalized spacial score (nSPS) is 18.6. The standard InChI is InChI=1S/C19H23FN6O3/c1-12(27)21-15-6-4-5-13(7-15)18(28)26-9-14(20)8-16(26)10-25-11-17(22-23-25)19(29)24(2)3/h4-7,11,14,16H,8-10H2,1-3H3,(H,21,27)/t14-,16-/m0/s1. The van der Waals surface area contributed by atoms with Gasteiger partial charge in [-0.2, -0.15) is 0 Å². The predicted octanol–water partition coefficient (Wildman–Crippen LogP) is 1.19. The summed E-state index contributed by atoms with van der Waals surface area (Å²) >= 11 is 0. The van der Waals surface area contributed by atoms with Gasteiger partial charge in [0.2, 0.25) is 5.91 Å². The largest absolute Gasteiger partial charge is 0.343 e. The molecular weight excluding hydrogens is 379 g/mol. The van der Waals surface area contributed by atoms with Gasteiger partial charge >= 0.3 is 0 Å². The van der Waals surface area contributed by atoms with E-state index in [1.807, 2.05) is 0 Å². The molecule has 1 N–H and O–H groups in total. The number of benzene rings is 1. The number of carbonyl (C=O) groups is 3. The Balaban J connectivity index is 1.76. The molecule has 1 aliphatic rings. The zero-order valence-electron chi connectivity index (χ0n) is 16.5. The fourth-order valence-electron chi connectivity index (χ4n) is 3.31. The summed E-state index contributed by atoms with van der Waals surface area (Å²) in [5.74, 6) is -0.854. The van der Waals surface area contributed by atoms with Gasteiger partial charge in [0, 0.05) is 38.7 Å². The number of halogens is 1. The molecule has 0 spiro atoms. The van der Waals surface area contributed by atoms with E-state index in [9.17, 15) is 18.8 Å². The number of hydrogen-bond donors (Lipinski definition) is 1. The second-order valence-corrected chi connectivity index (χ2v) is 7.23. The van der Waals surface area contributed by atoms with Gasteiger partial charge in [0.05, 0.1) is 25.3 Å². The number of nitrogens with one attached hydrogen (secondary N) is 1. The molecule has 154 valence electrons. The molecular formula is C19H23FN6O3. The Kier molecular flexibility index (Phi) is 5.90. The number of hydrogen-bond acceptors (Lipinski definition) is 5. The predicted molar refractivity (Wildman–Crippen MR) is 103 cm³/mol. The van der Waals surface area contributed by atoms with Gasteiger partial charge in [-0.1, -0.05) is 11.3 Å². The molecule has 29 heavy (non-hydrogen) atoms. The maximum atomic E-state index is 14.1. The minimum absolute atomic E-state index is 0.0218. The first kappa shape index (κ1) is 20.4. The summed E-state index contributed by atoms with van der Waals surface area (Å²) in [6.07, 6.45) is 0.524. The van der Waals surface area contributed by atoms with Crippen molar-refractivity contribution in [2.75, 3.05) is 26.0 Å². The average molecular weight is 402 g/mol. The molecule has 1 aromatic heterocycles. The van der Waals surface area contributed by atoms with Crippen LogP contribution in [-0.4, -0.2) is 75.4 Å². The molecule has 0 unspecified atom stereocenters. The quantitative estimate of drug-likeness (QED) is 0.810. The van der Waals surface area contributed by atoms with Crippen LogP contribution in [0.25, 0.3) is 0 Å². The first-order valence-electron chi connectivity index (χ1n) is 9.19. The van der Waals surface area contributed by atoms with Crippen molar-refractivity contribution in [2.45, 2.75) is 32.1 Å². The van der Waals surface area contributed by atoms with Crippen molar-refractivity contribution < 1.29 is 18.8 Å². The molecule has 1 aromatic carbocycles. The number of rotatable bonds is 5. The third kappa shape index (κ3) is 4.76. The molecule has 0 aliphatic carbocycles. The van der Waals surface area contributed by atoms with E-state index >= 15 is 0 Å². The van der Waals surface area contributed by atoms with Gasteiger partial charge in [-0.3, -0.25) is 14.4 Å². The molecule has 1 fully saturated rings. The van der Waals surface area contributed by atoms with E-state index in [-0.39, 0.29) is 42.9 Å². The number of nitrogens with zero attached hydrogens (tertiary/aromatic N) is 5. The number of amides is 3. The minimum atomic E-state index is -1.14. The Morgan fingerprint density at radius 2 is 2.07 bits per heavy atom. The van der Waals surface area contributed by atoms with Crippen molar-refractivity contribution in [3.05, 3.63) is 41.7 Å². The van der Waals surface area contributed by atoms with Crippen LogP contribution in [0.5, 0.6) is 0 Å². The summed E-state index contributed by atoms with van der Waals surface area (Å²) in [6.45, 7) is 1.59. The Labute approximate surface area is 167 Å². The molecule has 3 rings (SSSR count). The second-order valence-electron chi connectivity index (χ2n) is 7.23. The van der Waals surface area contributed by atoms with E-state index < -0.39 is 12.2 Å². The van der Waals surface area contributed by atoms with E-state index in [2.05, 4.69) is 15.6 Å². The number of aromatic nitrogens is 3. The van der Waals surface area contributed by atoms with Gasteiger partial charge in [0.25, 0.3) is 11.8 Å². The molecule has 10 heteroatoms. The van der Waals surface area contributed by atoms with Crippen molar-refractivity contribution in [3.8, 4) is 0 Å². The zero-order valence-corrected chi connectivity index (χ0v) is 16.5. The Morgan fingerprint density at radius 1 is 1.31 bits per heavy atom. The molecule has 1 saturated heterocycles. The Bertz CT molecular complexity index is 928. The van der Waals surface area contributed by atoms with E-state index in [1.54, 1.807) is 38.4 Å². The van der Waals surface area contributed by atoms with Gasteiger partial charge in [-0.25, -0.2) is 9.07 Å². The number of likely N-dealkylation sites (tertiary alicyclic amines) is 1. The van der Waals surface area contributed by atoms with Crippen molar-refractivity contribution in [1.82, 2.24) is 24.8 Å². The maximum absolute atomic E-state index is 14.1. The van der Waals surface area contributed by atoms with Gasteiger partial charge in [0.15, 0.2) is 5.69 Å². The van der Waals surface area contributed by atoms with E-state index in [0.29, 0.717) is 11.3 Å². The van der Waals surface area contributed by atoms with Crippen molar-refractivity contribution in [3.63, 3.8) is 0 Å². The average Bonchev–Trinajstić information content (AvgIpc) is 3.27. The molecule has 2 atom stereocenters. The van der Waals surface area contributed by atoms with Crippen LogP contribution in [0.15, 0.2) is 30.5 Å². The maximum Gasteiger partial charge on any atom is 0.275 e. The van der Waals surface area contributed by atoms with E-state index in [1.165, 1.54) is 27.6 Å². The number of carbonyl (C=O) groups excluding carboxylic acids is 3. The second kappa shape index (κ2) is 8.38. The lowest BCUT2D eigenvalue weighted by Crippen LogP contribution is -2.38. The fourth-order valence-corrected chi connectivity index (χ4v) is 3.31. The lowest BCUT2D eigenvalue weighted by atomic mass is 10.1. The summed E-state index contributed by atoms with van der Waals surface area (Å²) in [5.41, 5.74) is 1.04. The summed E-state index contributed by atoms with van der Waals surface area (Å²) in [4.78, 5) is 39.0. The Hall–Kier alpha value is -3.30. The monoisotopic (exact) mass is 402 g/mol. The summed E-state index contributed by atoms with van der Waals surface area (Å²) in [5, 5.41) is 10.4. The lowest BCUT2D eigenvalue weighted by molar-refractivity contribution is -0.114. The SMILES string of the molecule is CC(=O)Nc1cccc(C(=O)N2C[C@@H](F)C[C@H]2Cn2cc(C(=O)N(C)C)nn2)c1. The van der Waals surface area contributed by atoms with E-state index in [0.717, 1.165) is 0 Å². The van der Waals surface area contributed by atoms with Gasteiger partial charge in [0.1, 0.15) is 6.17 Å². The van der Waals surface area contributed by atoms with Crippen molar-refractivity contribution >= 4 is 23.4 Å². The summed E-state index contributed by atoms with van der Waals surface area (Å²) in [7, 11) is 3.23. The molecule has 2 aromatic rings. The topological polar surface area (TPSA) is 100 Å². The lowest BCUT2D eigenvalue weighted by Gasteiger charge is -2.24. The van der Waals surface area contributed by atoms with Crippen LogP contribution in [-0.2, 0) is 11.3 Å². The first-order valence-corrected chi connectivity index (χ1v) is 9.19. The molecule has 1 aliphatic heterocycles. The minimum Gasteiger partial charge on any atom is -0.343 e.